The average molecular weight is 888 g/mol. The van der Waals surface area contributed by atoms with E-state index in [1.54, 1.807) is 0 Å². The molecule has 11 heteroatoms. The van der Waals surface area contributed by atoms with Crippen molar-refractivity contribution in [2.45, 2.75) is 270 Å². The van der Waals surface area contributed by atoms with Crippen LogP contribution in [0.2, 0.25) is 0 Å². The van der Waals surface area contributed by atoms with E-state index in [0.717, 1.165) is 51.4 Å². The van der Waals surface area contributed by atoms with E-state index in [-0.39, 0.29) is 13.0 Å². The number of carboxylic acid groups (broad SMARTS) is 1. The van der Waals surface area contributed by atoms with Gasteiger partial charge in [0.25, 0.3) is 0 Å². The number of hydrogen-bond acceptors (Lipinski definition) is 8. The van der Waals surface area contributed by atoms with E-state index in [1.807, 2.05) is 0 Å². The molecule has 0 amide bonds. The van der Waals surface area contributed by atoms with E-state index in [2.05, 4.69) is 26.0 Å². The highest BCUT2D eigenvalue weighted by atomic mass is 31.2. The van der Waals surface area contributed by atoms with Crippen molar-refractivity contribution in [2.24, 2.45) is 5.73 Å². The molecule has 3 unspecified atom stereocenters. The van der Waals surface area contributed by atoms with E-state index in [9.17, 15) is 19.0 Å². The highest BCUT2D eigenvalue weighted by Gasteiger charge is 2.27. The fourth-order valence-corrected chi connectivity index (χ4v) is 8.32. The van der Waals surface area contributed by atoms with E-state index in [1.165, 1.54) is 180 Å². The Morgan fingerprint density at radius 1 is 0.508 bits per heavy atom. The summed E-state index contributed by atoms with van der Waals surface area (Å²) in [6, 6.07) is -1.47. The molecule has 10 nitrogen and oxygen atoms in total. The number of nitrogens with two attached hydrogens (primary N) is 1. The van der Waals surface area contributed by atoms with Gasteiger partial charge in [0, 0.05) is 13.0 Å². The molecule has 0 heterocycles. The maximum atomic E-state index is 12.7. The third-order valence-electron chi connectivity index (χ3n) is 11.5. The summed E-state index contributed by atoms with van der Waals surface area (Å²) >= 11 is 0. The summed E-state index contributed by atoms with van der Waals surface area (Å²) in [5.74, 6) is -1.77. The lowest BCUT2D eigenvalue weighted by atomic mass is 10.0. The van der Waals surface area contributed by atoms with Gasteiger partial charge < -0.3 is 25.2 Å². The molecule has 0 radical (unpaired) electrons. The fourth-order valence-electron chi connectivity index (χ4n) is 7.54. The van der Waals surface area contributed by atoms with Gasteiger partial charge in [-0.25, -0.2) is 4.57 Å². The molecule has 0 aliphatic heterocycles. The number of unbranched alkanes of at least 4 members (excludes halogenated alkanes) is 34. The number of rotatable bonds is 50. The fraction of sp³-hybridized carbons (Fsp3) is 0.920. The van der Waals surface area contributed by atoms with Crippen LogP contribution < -0.4 is 5.73 Å². The first-order chi connectivity index (χ1) is 29.7. The van der Waals surface area contributed by atoms with Crippen molar-refractivity contribution in [3.8, 4) is 0 Å². The van der Waals surface area contributed by atoms with Crippen molar-refractivity contribution in [3.63, 3.8) is 0 Å². The van der Waals surface area contributed by atoms with Crippen molar-refractivity contribution in [1.82, 2.24) is 0 Å². The molecule has 0 aromatic rings. The smallest absolute Gasteiger partial charge is 0.472 e. The van der Waals surface area contributed by atoms with Crippen LogP contribution in [-0.4, -0.2) is 60.5 Å². The number of phosphoric ester groups is 1. The number of carboxylic acids is 1. The lowest BCUT2D eigenvalue weighted by Crippen LogP contribution is -2.34. The molecule has 0 aliphatic rings. The van der Waals surface area contributed by atoms with E-state index in [4.69, 9.17) is 29.4 Å². The van der Waals surface area contributed by atoms with Crippen molar-refractivity contribution >= 4 is 19.8 Å². The summed E-state index contributed by atoms with van der Waals surface area (Å²) in [4.78, 5) is 33.6. The van der Waals surface area contributed by atoms with Gasteiger partial charge in [-0.2, -0.15) is 0 Å². The molecular formula is C50H98NO9P. The van der Waals surface area contributed by atoms with Crippen molar-refractivity contribution < 1.29 is 42.7 Å². The second-order valence-corrected chi connectivity index (χ2v) is 19.1. The summed E-state index contributed by atoms with van der Waals surface area (Å²) in [5, 5.41) is 8.92. The molecule has 0 saturated heterocycles. The van der Waals surface area contributed by atoms with Crippen LogP contribution in [0.3, 0.4) is 0 Å². The van der Waals surface area contributed by atoms with Crippen LogP contribution >= 0.6 is 7.82 Å². The molecule has 362 valence electrons. The first-order valence-corrected chi connectivity index (χ1v) is 27.2. The zero-order valence-corrected chi connectivity index (χ0v) is 40.7. The Labute approximate surface area is 375 Å². The van der Waals surface area contributed by atoms with Gasteiger partial charge in [0.1, 0.15) is 12.1 Å². The number of aliphatic carboxylic acids is 1. The Morgan fingerprint density at radius 2 is 0.852 bits per heavy atom. The number of carbonyl (C=O) groups excluding carboxylic acids is 1. The quantitative estimate of drug-likeness (QED) is 0.0233. The number of ether oxygens (including phenoxy) is 2. The monoisotopic (exact) mass is 888 g/mol. The third-order valence-corrected chi connectivity index (χ3v) is 12.5. The molecule has 0 aromatic carbocycles. The molecule has 0 bridgehead atoms. The molecule has 0 saturated carbocycles. The van der Waals surface area contributed by atoms with Crippen molar-refractivity contribution in [1.29, 1.82) is 0 Å². The summed E-state index contributed by atoms with van der Waals surface area (Å²) < 4.78 is 33.5. The topological polar surface area (TPSA) is 155 Å². The van der Waals surface area contributed by atoms with Crippen LogP contribution in [0.1, 0.15) is 258 Å². The maximum Gasteiger partial charge on any atom is 0.472 e. The lowest BCUT2D eigenvalue weighted by molar-refractivity contribution is -0.154. The highest BCUT2D eigenvalue weighted by Crippen LogP contribution is 2.43. The Morgan fingerprint density at radius 3 is 1.25 bits per heavy atom. The first-order valence-electron chi connectivity index (χ1n) is 25.7. The number of phosphoric acid groups is 1. The van der Waals surface area contributed by atoms with Gasteiger partial charge in [-0.1, -0.05) is 225 Å². The minimum atomic E-state index is -4.62. The standard InChI is InChI=1S/C50H98NO9P/c1-3-5-7-9-11-13-15-17-19-21-22-23-24-25-26-27-29-31-33-35-37-39-41-43-57-44-47(45-58-61(55,56)59-46-48(51)50(53)54)60-49(52)42-40-38-36-34-32-30-28-20-18-16-14-12-10-8-6-4-2/h20,28,47-48H,3-19,21-27,29-46,51H2,1-2H3,(H,53,54)(H,55,56)/b28-20-. The second kappa shape index (κ2) is 46.7. The Hall–Kier alpha value is -1.29. The van der Waals surface area contributed by atoms with E-state index in [0.29, 0.717) is 13.0 Å². The van der Waals surface area contributed by atoms with Gasteiger partial charge in [0.2, 0.25) is 0 Å². The molecule has 4 N–H and O–H groups in total. The number of allylic oxidation sites excluding steroid dienone is 2. The van der Waals surface area contributed by atoms with Crippen LogP contribution in [-0.2, 0) is 32.7 Å². The minimum absolute atomic E-state index is 0.0200. The Kier molecular flexibility index (Phi) is 45.7. The zero-order valence-electron chi connectivity index (χ0n) is 39.8. The van der Waals surface area contributed by atoms with Crippen molar-refractivity contribution in [2.75, 3.05) is 26.4 Å². The predicted octanol–water partition coefficient (Wildman–Crippen LogP) is 14.9. The largest absolute Gasteiger partial charge is 0.480 e. The van der Waals surface area contributed by atoms with Crippen LogP contribution in [0.5, 0.6) is 0 Å². The summed E-state index contributed by atoms with van der Waals surface area (Å²) in [7, 11) is -4.62. The lowest BCUT2D eigenvalue weighted by Gasteiger charge is -2.20. The normalized spacial score (nSPS) is 13.8. The summed E-state index contributed by atoms with van der Waals surface area (Å²) in [5.41, 5.74) is 5.37. The number of carbonyl (C=O) groups is 2. The van der Waals surface area contributed by atoms with Gasteiger partial charge in [-0.15, -0.1) is 0 Å². The summed E-state index contributed by atoms with van der Waals surface area (Å²) in [6.45, 7) is 3.93. The Balaban J connectivity index is 4.07. The molecular weight excluding hydrogens is 790 g/mol. The number of esters is 1. The first kappa shape index (κ1) is 59.7. The van der Waals surface area contributed by atoms with Crippen LogP contribution in [0.4, 0.5) is 0 Å². The van der Waals surface area contributed by atoms with Crippen LogP contribution in [0.15, 0.2) is 12.2 Å². The molecule has 0 fully saturated rings. The highest BCUT2D eigenvalue weighted by molar-refractivity contribution is 7.47. The average Bonchev–Trinajstić information content (AvgIpc) is 3.24. The second-order valence-electron chi connectivity index (χ2n) is 17.7. The van der Waals surface area contributed by atoms with Crippen molar-refractivity contribution in [3.05, 3.63) is 12.2 Å². The summed E-state index contributed by atoms with van der Waals surface area (Å²) in [6.07, 6.45) is 51.3. The van der Waals surface area contributed by atoms with Gasteiger partial charge >= 0.3 is 19.8 Å². The predicted molar refractivity (Wildman–Crippen MR) is 254 cm³/mol. The van der Waals surface area contributed by atoms with E-state index < -0.39 is 45.1 Å². The molecule has 0 spiro atoms. The SMILES string of the molecule is CCCCCCCCC/C=C\CCCCCCCC(=O)OC(COCCCCCCCCCCCCCCCCCCCCCCCCC)COP(=O)(O)OCC(N)C(=O)O. The van der Waals surface area contributed by atoms with Gasteiger partial charge in [0.05, 0.1) is 19.8 Å². The zero-order chi connectivity index (χ0) is 44.8. The van der Waals surface area contributed by atoms with Gasteiger partial charge in [0.15, 0.2) is 0 Å². The van der Waals surface area contributed by atoms with Crippen LogP contribution in [0, 0.1) is 0 Å². The molecule has 0 rings (SSSR count). The van der Waals surface area contributed by atoms with E-state index >= 15 is 0 Å². The molecule has 3 atom stereocenters. The third kappa shape index (κ3) is 46.5. The Bertz CT molecular complexity index is 1030. The minimum Gasteiger partial charge on any atom is -0.480 e. The van der Waals surface area contributed by atoms with Crippen LogP contribution in [0.25, 0.3) is 0 Å². The number of hydrogen-bond donors (Lipinski definition) is 3. The molecule has 61 heavy (non-hydrogen) atoms. The van der Waals surface area contributed by atoms with Gasteiger partial charge in [-0.3, -0.25) is 18.6 Å². The maximum absolute atomic E-state index is 12.7. The molecule has 0 aromatic heterocycles. The molecule has 0 aliphatic carbocycles. The van der Waals surface area contributed by atoms with Gasteiger partial charge in [-0.05, 0) is 38.5 Å².